The van der Waals surface area contributed by atoms with Gasteiger partial charge in [-0.05, 0) is 130 Å². The SMILES string of the molecule is C#Cc1cc(C[C@@H](CC(=O)CC2=CCC(CC3Cc4ccsc4NC3=O)CC2)C(=O)C(=C)CCC(CCC)N2CCCCC2)cc(Cl)c1N. The molecule has 2 aromatic rings. The third kappa shape index (κ3) is 9.96. The first-order valence-electron chi connectivity index (χ1n) is 18.2. The van der Waals surface area contributed by atoms with Gasteiger partial charge in [0.05, 0.1) is 15.7 Å². The van der Waals surface area contributed by atoms with Gasteiger partial charge in [-0.15, -0.1) is 17.8 Å². The molecular weight excluding hydrogens is 650 g/mol. The van der Waals surface area contributed by atoms with E-state index in [-0.39, 0.29) is 29.8 Å². The summed E-state index contributed by atoms with van der Waals surface area (Å²) in [5.74, 6) is 2.61. The number of allylic oxidation sites excluding steroid dienone is 3. The number of nitrogens with one attached hydrogen (secondary N) is 1. The summed E-state index contributed by atoms with van der Waals surface area (Å²) in [4.78, 5) is 42.9. The monoisotopic (exact) mass is 701 g/mol. The van der Waals surface area contributed by atoms with Gasteiger partial charge in [0.15, 0.2) is 5.78 Å². The molecule has 4 atom stereocenters. The van der Waals surface area contributed by atoms with Crippen molar-refractivity contribution in [3.8, 4) is 12.3 Å². The molecule has 5 rings (SSSR count). The molecule has 2 aliphatic heterocycles. The van der Waals surface area contributed by atoms with Crippen molar-refractivity contribution in [3.05, 3.63) is 69.1 Å². The van der Waals surface area contributed by atoms with Crippen LogP contribution in [0.1, 0.15) is 107 Å². The van der Waals surface area contributed by atoms with E-state index in [2.05, 4.69) is 41.8 Å². The predicted molar refractivity (Wildman–Crippen MR) is 203 cm³/mol. The van der Waals surface area contributed by atoms with Crippen molar-refractivity contribution in [2.24, 2.45) is 17.8 Å². The van der Waals surface area contributed by atoms with E-state index in [4.69, 9.17) is 23.8 Å². The number of nitrogens with two attached hydrogens (primary N) is 1. The molecular formula is C41H52ClN3O3S. The predicted octanol–water partition coefficient (Wildman–Crippen LogP) is 8.96. The number of likely N-dealkylation sites (tertiary alicyclic amines) is 1. The van der Waals surface area contributed by atoms with Crippen LogP contribution in [-0.4, -0.2) is 41.5 Å². The number of carbonyl (C=O) groups excluding carboxylic acids is 3. The van der Waals surface area contributed by atoms with Crippen molar-refractivity contribution < 1.29 is 14.4 Å². The Labute approximate surface area is 301 Å². The molecule has 0 saturated carbocycles. The number of nitrogens with zero attached hydrogens (tertiary/aromatic N) is 1. The Morgan fingerprint density at radius 3 is 2.73 bits per heavy atom. The van der Waals surface area contributed by atoms with Crippen molar-refractivity contribution in [2.45, 2.75) is 109 Å². The number of anilines is 2. The summed E-state index contributed by atoms with van der Waals surface area (Å²) in [6.45, 7) is 8.73. The molecule has 1 amide bonds. The molecule has 0 bridgehead atoms. The van der Waals surface area contributed by atoms with Gasteiger partial charge >= 0.3 is 0 Å². The average Bonchev–Trinajstić information content (AvgIpc) is 3.55. The van der Waals surface area contributed by atoms with Gasteiger partial charge in [-0.2, -0.15) is 0 Å². The lowest BCUT2D eigenvalue weighted by molar-refractivity contribution is -0.125. The normalized spacial score (nSPS) is 20.8. The number of nitrogen functional groups attached to an aromatic ring is 1. The maximum atomic E-state index is 14.0. The van der Waals surface area contributed by atoms with E-state index in [0.29, 0.717) is 53.1 Å². The summed E-state index contributed by atoms with van der Waals surface area (Å²) in [6.07, 6.45) is 20.6. The van der Waals surface area contributed by atoms with Crippen LogP contribution < -0.4 is 11.1 Å². The summed E-state index contributed by atoms with van der Waals surface area (Å²) in [5, 5.41) is 6.45. The van der Waals surface area contributed by atoms with E-state index in [1.54, 1.807) is 23.5 Å². The van der Waals surface area contributed by atoms with E-state index in [9.17, 15) is 14.4 Å². The highest BCUT2D eigenvalue weighted by Gasteiger charge is 2.31. The molecule has 1 fully saturated rings. The summed E-state index contributed by atoms with van der Waals surface area (Å²) in [7, 11) is 0. The van der Waals surface area contributed by atoms with Crippen LogP contribution in [0.2, 0.25) is 5.02 Å². The van der Waals surface area contributed by atoms with Crippen molar-refractivity contribution in [2.75, 3.05) is 24.1 Å². The molecule has 1 aromatic heterocycles. The number of Topliss-reactive ketones (excluding diaryl/α,β-unsaturated/α-hetero) is 2. The molecule has 1 aliphatic carbocycles. The van der Waals surface area contributed by atoms with Crippen LogP contribution in [0.25, 0.3) is 0 Å². The lowest BCUT2D eigenvalue weighted by Gasteiger charge is -2.35. The average molecular weight is 702 g/mol. The van der Waals surface area contributed by atoms with Gasteiger partial charge in [0.2, 0.25) is 5.91 Å². The molecule has 1 aromatic carbocycles. The van der Waals surface area contributed by atoms with Gasteiger partial charge in [-0.25, -0.2) is 0 Å². The van der Waals surface area contributed by atoms with Crippen molar-refractivity contribution in [3.63, 3.8) is 0 Å². The number of piperidine rings is 1. The number of fused-ring (bicyclic) bond motifs is 1. The van der Waals surface area contributed by atoms with Gasteiger partial charge in [0, 0.05) is 36.3 Å². The second-order valence-electron chi connectivity index (χ2n) is 14.5. The zero-order valence-electron chi connectivity index (χ0n) is 29.0. The third-order valence-corrected chi connectivity index (χ3v) is 12.0. The topological polar surface area (TPSA) is 92.5 Å². The molecule has 6 nitrogen and oxygen atoms in total. The number of carbonyl (C=O) groups is 3. The van der Waals surface area contributed by atoms with Gasteiger partial charge in [-0.1, -0.05) is 55.5 Å². The van der Waals surface area contributed by atoms with Crippen LogP contribution in [0.5, 0.6) is 0 Å². The molecule has 0 spiro atoms. The quantitative estimate of drug-likeness (QED) is 0.0789. The highest BCUT2D eigenvalue weighted by Crippen LogP contribution is 2.37. The lowest BCUT2D eigenvalue weighted by Crippen LogP contribution is -2.39. The Balaban J connectivity index is 1.21. The number of benzene rings is 1. The zero-order chi connectivity index (χ0) is 34.9. The number of hydrogen-bond donors (Lipinski definition) is 2. The summed E-state index contributed by atoms with van der Waals surface area (Å²) in [6, 6.07) is 6.12. The number of thiophene rings is 1. The van der Waals surface area contributed by atoms with Crippen LogP contribution in [0.3, 0.4) is 0 Å². The molecule has 3 aliphatic rings. The van der Waals surface area contributed by atoms with Crippen LogP contribution in [0.15, 0.2) is 47.4 Å². The van der Waals surface area contributed by atoms with E-state index < -0.39 is 5.92 Å². The molecule has 0 radical (unpaired) electrons. The van der Waals surface area contributed by atoms with Crippen LogP contribution >= 0.6 is 22.9 Å². The first kappa shape index (κ1) is 37.1. The van der Waals surface area contributed by atoms with Crippen LogP contribution in [0, 0.1) is 30.1 Å². The minimum atomic E-state index is -0.548. The van der Waals surface area contributed by atoms with Gasteiger partial charge < -0.3 is 16.0 Å². The number of terminal acetylenes is 1. The molecule has 8 heteroatoms. The minimum absolute atomic E-state index is 0.00233. The molecule has 49 heavy (non-hydrogen) atoms. The maximum Gasteiger partial charge on any atom is 0.228 e. The lowest BCUT2D eigenvalue weighted by atomic mass is 9.79. The second kappa shape index (κ2) is 17.7. The Kier molecular flexibility index (Phi) is 13.4. The molecule has 3 N–H and O–H groups in total. The summed E-state index contributed by atoms with van der Waals surface area (Å²) < 4.78 is 0. The van der Waals surface area contributed by atoms with E-state index in [0.717, 1.165) is 80.6 Å². The highest BCUT2D eigenvalue weighted by atomic mass is 35.5. The van der Waals surface area contributed by atoms with Gasteiger partial charge in [0.25, 0.3) is 0 Å². The fourth-order valence-corrected chi connectivity index (χ4v) is 9.09. The second-order valence-corrected chi connectivity index (χ2v) is 15.8. The Morgan fingerprint density at radius 2 is 2.02 bits per heavy atom. The zero-order valence-corrected chi connectivity index (χ0v) is 30.6. The van der Waals surface area contributed by atoms with Crippen molar-refractivity contribution >= 4 is 51.1 Å². The maximum absolute atomic E-state index is 14.0. The third-order valence-electron chi connectivity index (χ3n) is 10.8. The number of rotatable bonds is 16. The van der Waals surface area contributed by atoms with E-state index in [1.165, 1.54) is 24.8 Å². The smallest absolute Gasteiger partial charge is 0.228 e. The molecule has 1 saturated heterocycles. The van der Waals surface area contributed by atoms with Crippen LogP contribution in [0.4, 0.5) is 10.7 Å². The van der Waals surface area contributed by atoms with E-state index >= 15 is 0 Å². The standard InChI is InChI=1S/C41H52ClN3O3S/c1-4-9-35(45-17-7-6-8-18-45)15-10-27(3)39(47)33(22-30-21-31(5-2)38(43)37(42)24-30)26-36(46)23-29-13-11-28(12-14-29)20-34-25-32-16-19-49-41(32)44-40(34)48/h2,13,16,19,21,24,28,33-35H,3-4,6-12,14-15,17-18,20,22-23,25-26,43H2,1H3,(H,44,48)/t28?,33-,34?,35?/m0/s1. The Hall–Kier alpha value is -3.18. The highest BCUT2D eigenvalue weighted by molar-refractivity contribution is 7.14. The van der Waals surface area contributed by atoms with Crippen molar-refractivity contribution in [1.29, 1.82) is 0 Å². The Morgan fingerprint density at radius 1 is 1.22 bits per heavy atom. The fourth-order valence-electron chi connectivity index (χ4n) is 8.02. The van der Waals surface area contributed by atoms with Gasteiger partial charge in [-0.3, -0.25) is 14.4 Å². The molecule has 3 unspecified atom stereocenters. The molecule has 262 valence electrons. The summed E-state index contributed by atoms with van der Waals surface area (Å²) >= 11 is 8.00. The number of ketones is 2. The van der Waals surface area contributed by atoms with E-state index in [1.807, 2.05) is 5.38 Å². The first-order valence-corrected chi connectivity index (χ1v) is 19.5. The Bertz CT molecular complexity index is 1600. The fraction of sp³-hybridized carbons (Fsp3) is 0.537. The molecule has 3 heterocycles. The number of hydrogen-bond acceptors (Lipinski definition) is 6. The van der Waals surface area contributed by atoms with Gasteiger partial charge in [0.1, 0.15) is 5.78 Å². The largest absolute Gasteiger partial charge is 0.397 e. The summed E-state index contributed by atoms with van der Waals surface area (Å²) in [5.41, 5.74) is 10.7. The number of halogens is 1. The van der Waals surface area contributed by atoms with Crippen molar-refractivity contribution in [1.82, 2.24) is 4.90 Å². The minimum Gasteiger partial charge on any atom is -0.397 e. The first-order chi connectivity index (χ1) is 23.6. The van der Waals surface area contributed by atoms with Crippen LogP contribution in [-0.2, 0) is 27.2 Å². The number of amides is 1.